The molecule has 0 fully saturated rings. The Bertz CT molecular complexity index is 770. The number of pyridine rings is 2. The zero-order valence-electron chi connectivity index (χ0n) is 10.4. The first-order chi connectivity index (χ1) is 9.34. The van der Waals surface area contributed by atoms with Gasteiger partial charge in [0.2, 0.25) is 0 Å². The Morgan fingerprint density at radius 3 is 2.53 bits per heavy atom. The maximum Gasteiger partial charge on any atom is 0.177 e. The molecule has 4 aromatic heterocycles. The van der Waals surface area contributed by atoms with Crippen LogP contribution in [0, 0.1) is 0 Å². The van der Waals surface area contributed by atoms with Crippen LogP contribution in [0.2, 0.25) is 0 Å². The van der Waals surface area contributed by atoms with E-state index in [0.29, 0.717) is 0 Å². The zero-order chi connectivity index (χ0) is 13.1. The molecule has 4 aromatic rings. The molecule has 94 valence electrons. The number of nitrogens with one attached hydrogen (secondary N) is 1. The molecule has 4 heterocycles. The summed E-state index contributed by atoms with van der Waals surface area (Å²) in [6.45, 7) is 0. The summed E-state index contributed by atoms with van der Waals surface area (Å²) in [5.74, 6) is 0. The lowest BCUT2D eigenvalue weighted by Gasteiger charge is -1.89. The minimum absolute atomic E-state index is 0.775. The number of hydrogen-bond donors (Lipinski definition) is 1. The first-order valence-corrected chi connectivity index (χ1v) is 5.81. The molecule has 0 aliphatic heterocycles. The molecule has 0 aliphatic carbocycles. The van der Waals surface area contributed by atoms with Gasteiger partial charge in [0.1, 0.15) is 0 Å². The third-order valence-electron chi connectivity index (χ3n) is 2.69. The predicted molar refractivity (Wildman–Crippen MR) is 72.4 cm³/mol. The van der Waals surface area contributed by atoms with E-state index in [4.69, 9.17) is 0 Å². The van der Waals surface area contributed by atoms with Gasteiger partial charge in [0.25, 0.3) is 0 Å². The van der Waals surface area contributed by atoms with Crippen molar-refractivity contribution >= 4 is 22.3 Å². The number of imidazole rings is 2. The van der Waals surface area contributed by atoms with Gasteiger partial charge >= 0.3 is 0 Å². The largest absolute Gasteiger partial charge is 0.343 e. The summed E-state index contributed by atoms with van der Waals surface area (Å²) in [6, 6.07) is 7.72. The van der Waals surface area contributed by atoms with Crippen molar-refractivity contribution in [3.8, 4) is 0 Å². The van der Waals surface area contributed by atoms with Gasteiger partial charge in [0.05, 0.1) is 23.7 Å². The number of aryl methyl sites for hydroxylation is 1. The molecule has 0 aliphatic rings. The van der Waals surface area contributed by atoms with E-state index in [-0.39, 0.29) is 0 Å². The Morgan fingerprint density at radius 1 is 0.947 bits per heavy atom. The number of fused-ring (bicyclic) bond motifs is 2. The standard InChI is InChI=1S/C7H7N3.C6H5N3/c1-10-5-9-7-6(10)3-2-4-8-7;1-2-5-6(7-3-1)9-4-8-5/h2-5H,1H3;1-4H,(H,7,8,9). The molecule has 0 radical (unpaired) electrons. The number of hydrogen-bond acceptors (Lipinski definition) is 4. The molecular formula is C13H12N6. The van der Waals surface area contributed by atoms with Crippen LogP contribution >= 0.6 is 0 Å². The molecule has 0 saturated heterocycles. The van der Waals surface area contributed by atoms with Crippen LogP contribution in [-0.2, 0) is 7.05 Å². The smallest absolute Gasteiger partial charge is 0.177 e. The summed E-state index contributed by atoms with van der Waals surface area (Å²) < 4.78 is 1.95. The van der Waals surface area contributed by atoms with Gasteiger partial charge in [0, 0.05) is 19.4 Å². The van der Waals surface area contributed by atoms with Crippen LogP contribution in [0.5, 0.6) is 0 Å². The minimum atomic E-state index is 0.775. The SMILES string of the molecule is Cn1cnc2ncccc21.c1cnc2nc[nH]c2c1. The molecule has 0 bridgehead atoms. The molecule has 0 spiro atoms. The summed E-state index contributed by atoms with van der Waals surface area (Å²) in [5, 5.41) is 0. The average Bonchev–Trinajstić information content (AvgIpc) is 3.07. The molecule has 4 rings (SSSR count). The highest BCUT2D eigenvalue weighted by Crippen LogP contribution is 2.05. The number of H-pyrrole nitrogens is 1. The highest BCUT2D eigenvalue weighted by molar-refractivity contribution is 5.70. The molecule has 19 heavy (non-hydrogen) atoms. The normalized spacial score (nSPS) is 10.4. The summed E-state index contributed by atoms with van der Waals surface area (Å²) in [4.78, 5) is 19.0. The molecule has 6 heteroatoms. The van der Waals surface area contributed by atoms with Crippen LogP contribution < -0.4 is 0 Å². The van der Waals surface area contributed by atoms with Gasteiger partial charge in [-0.2, -0.15) is 0 Å². The van der Waals surface area contributed by atoms with E-state index in [1.165, 1.54) is 0 Å². The minimum Gasteiger partial charge on any atom is -0.343 e. The van der Waals surface area contributed by atoms with Crippen molar-refractivity contribution in [3.05, 3.63) is 49.3 Å². The summed E-state index contributed by atoms with van der Waals surface area (Å²) in [5.41, 5.74) is 3.64. The quantitative estimate of drug-likeness (QED) is 0.519. The van der Waals surface area contributed by atoms with Crippen LogP contribution in [0.3, 0.4) is 0 Å². The lowest BCUT2D eigenvalue weighted by atomic mass is 10.4. The van der Waals surface area contributed by atoms with E-state index in [1.54, 1.807) is 25.0 Å². The predicted octanol–water partition coefficient (Wildman–Crippen LogP) is 1.93. The van der Waals surface area contributed by atoms with Crippen molar-refractivity contribution in [3.63, 3.8) is 0 Å². The van der Waals surface area contributed by atoms with Gasteiger partial charge in [-0.1, -0.05) is 0 Å². The molecular weight excluding hydrogens is 240 g/mol. The van der Waals surface area contributed by atoms with E-state index in [0.717, 1.165) is 22.3 Å². The molecule has 6 nitrogen and oxygen atoms in total. The van der Waals surface area contributed by atoms with Crippen LogP contribution in [0.15, 0.2) is 49.3 Å². The fourth-order valence-electron chi connectivity index (χ4n) is 1.74. The summed E-state index contributed by atoms with van der Waals surface area (Å²) in [6.07, 6.45) is 6.87. The number of aromatic nitrogens is 6. The van der Waals surface area contributed by atoms with Gasteiger partial charge in [-0.05, 0) is 24.3 Å². The number of rotatable bonds is 0. The Kier molecular flexibility index (Phi) is 2.89. The highest BCUT2D eigenvalue weighted by atomic mass is 15.0. The summed E-state index contributed by atoms with van der Waals surface area (Å²) >= 11 is 0. The lowest BCUT2D eigenvalue weighted by Crippen LogP contribution is -1.82. The fraction of sp³-hybridized carbons (Fsp3) is 0.0769. The second kappa shape index (κ2) is 4.85. The van der Waals surface area contributed by atoms with E-state index in [1.807, 2.05) is 35.9 Å². The lowest BCUT2D eigenvalue weighted by molar-refractivity contribution is 0.947. The maximum absolute atomic E-state index is 4.07. The van der Waals surface area contributed by atoms with Gasteiger partial charge in [0.15, 0.2) is 11.3 Å². The van der Waals surface area contributed by atoms with Crippen molar-refractivity contribution in [1.29, 1.82) is 0 Å². The van der Waals surface area contributed by atoms with Gasteiger partial charge < -0.3 is 9.55 Å². The fourth-order valence-corrected chi connectivity index (χ4v) is 1.74. The van der Waals surface area contributed by atoms with Crippen LogP contribution in [-0.4, -0.2) is 29.5 Å². The third kappa shape index (κ3) is 2.28. The molecule has 1 N–H and O–H groups in total. The van der Waals surface area contributed by atoms with Crippen molar-refractivity contribution < 1.29 is 0 Å². The van der Waals surface area contributed by atoms with Gasteiger partial charge in [-0.15, -0.1) is 0 Å². The zero-order valence-corrected chi connectivity index (χ0v) is 10.4. The van der Waals surface area contributed by atoms with E-state index >= 15 is 0 Å². The monoisotopic (exact) mass is 252 g/mol. The van der Waals surface area contributed by atoms with Crippen LogP contribution in [0.25, 0.3) is 22.3 Å². The van der Waals surface area contributed by atoms with E-state index in [2.05, 4.69) is 24.9 Å². The second-order valence-electron chi connectivity index (χ2n) is 3.98. The highest BCUT2D eigenvalue weighted by Gasteiger charge is 1.95. The molecule has 0 amide bonds. The molecule has 0 atom stereocenters. The molecule has 0 aromatic carbocycles. The third-order valence-corrected chi connectivity index (χ3v) is 2.69. The number of aromatic amines is 1. The van der Waals surface area contributed by atoms with E-state index < -0.39 is 0 Å². The van der Waals surface area contributed by atoms with Crippen molar-refractivity contribution in [2.24, 2.45) is 7.05 Å². The summed E-state index contributed by atoms with van der Waals surface area (Å²) in [7, 11) is 1.96. The van der Waals surface area contributed by atoms with Crippen molar-refractivity contribution in [2.75, 3.05) is 0 Å². The Balaban J connectivity index is 0.000000117. The number of nitrogens with zero attached hydrogens (tertiary/aromatic N) is 5. The van der Waals surface area contributed by atoms with Crippen molar-refractivity contribution in [1.82, 2.24) is 29.5 Å². The Labute approximate surface area is 109 Å². The van der Waals surface area contributed by atoms with Crippen LogP contribution in [0.4, 0.5) is 0 Å². The topological polar surface area (TPSA) is 72.3 Å². The van der Waals surface area contributed by atoms with Gasteiger partial charge in [-0.3, -0.25) is 0 Å². The van der Waals surface area contributed by atoms with Gasteiger partial charge in [-0.25, -0.2) is 19.9 Å². The van der Waals surface area contributed by atoms with Crippen molar-refractivity contribution in [2.45, 2.75) is 0 Å². The van der Waals surface area contributed by atoms with E-state index in [9.17, 15) is 0 Å². The first kappa shape index (κ1) is 11.3. The Hall–Kier alpha value is -2.76. The Morgan fingerprint density at radius 2 is 1.74 bits per heavy atom. The second-order valence-corrected chi connectivity index (χ2v) is 3.98. The molecule has 0 unspecified atom stereocenters. The average molecular weight is 252 g/mol. The molecule has 0 saturated carbocycles. The van der Waals surface area contributed by atoms with Crippen LogP contribution in [0.1, 0.15) is 0 Å². The first-order valence-electron chi connectivity index (χ1n) is 5.81. The maximum atomic E-state index is 4.07.